The van der Waals surface area contributed by atoms with Crippen molar-refractivity contribution in [3.05, 3.63) is 39.8 Å². The van der Waals surface area contributed by atoms with E-state index in [1.807, 2.05) is 0 Å². The van der Waals surface area contributed by atoms with Gasteiger partial charge in [-0.3, -0.25) is 0 Å². The lowest BCUT2D eigenvalue weighted by atomic mass is 10.4. The van der Waals surface area contributed by atoms with E-state index in [-0.39, 0.29) is 0 Å². The SMILES string of the molecule is O=S(=O)(/C=[C]/I)c1ccccc1. The zero-order valence-electron chi connectivity index (χ0n) is 6.07. The second kappa shape index (κ2) is 4.04. The number of halogens is 1. The standard InChI is InChI=1S/C8H6IO2S/c9-6-7-12(10,11)8-4-2-1-3-5-8/h1-5,7H. The molecule has 1 aromatic rings. The Morgan fingerprint density at radius 2 is 1.83 bits per heavy atom. The Morgan fingerprint density at radius 1 is 1.25 bits per heavy atom. The fourth-order valence-electron chi connectivity index (χ4n) is 0.737. The van der Waals surface area contributed by atoms with Crippen molar-refractivity contribution in [1.82, 2.24) is 0 Å². The van der Waals surface area contributed by atoms with Gasteiger partial charge in [0.2, 0.25) is 9.84 Å². The first-order valence-corrected chi connectivity index (χ1v) is 5.79. The Morgan fingerprint density at radius 3 is 2.33 bits per heavy atom. The predicted octanol–water partition coefficient (Wildman–Crippen LogP) is 2.17. The van der Waals surface area contributed by atoms with Crippen molar-refractivity contribution < 1.29 is 8.42 Å². The lowest BCUT2D eigenvalue weighted by molar-refractivity contribution is 0.604. The van der Waals surface area contributed by atoms with Crippen molar-refractivity contribution in [3.63, 3.8) is 0 Å². The maximum atomic E-state index is 11.3. The van der Waals surface area contributed by atoms with Crippen molar-refractivity contribution in [2.24, 2.45) is 0 Å². The third-order valence-electron chi connectivity index (χ3n) is 1.27. The van der Waals surface area contributed by atoms with Gasteiger partial charge in [-0.05, 0) is 34.7 Å². The van der Waals surface area contributed by atoms with Gasteiger partial charge in [-0.2, -0.15) is 0 Å². The molecule has 0 aliphatic heterocycles. The average Bonchev–Trinajstić information content (AvgIpc) is 2.06. The molecule has 0 fully saturated rings. The summed E-state index contributed by atoms with van der Waals surface area (Å²) >= 11 is 1.75. The fourth-order valence-corrected chi connectivity index (χ4v) is 2.53. The maximum absolute atomic E-state index is 11.3. The molecule has 0 saturated carbocycles. The van der Waals surface area contributed by atoms with E-state index in [4.69, 9.17) is 0 Å². The van der Waals surface area contributed by atoms with E-state index in [0.29, 0.717) is 4.90 Å². The highest BCUT2D eigenvalue weighted by molar-refractivity contribution is 14.1. The number of hydrogen-bond donors (Lipinski definition) is 0. The van der Waals surface area contributed by atoms with Crippen LogP contribution in [0, 0.1) is 4.08 Å². The minimum absolute atomic E-state index is 0.300. The molecule has 0 bridgehead atoms. The second-order valence-corrected chi connectivity index (χ2v) is 4.50. The van der Waals surface area contributed by atoms with Crippen LogP contribution in [0.1, 0.15) is 0 Å². The van der Waals surface area contributed by atoms with Crippen LogP contribution in [0.5, 0.6) is 0 Å². The molecule has 1 aromatic carbocycles. The van der Waals surface area contributed by atoms with Gasteiger partial charge in [0.05, 0.1) is 4.90 Å². The summed E-state index contributed by atoms with van der Waals surface area (Å²) < 4.78 is 25.1. The molecule has 0 unspecified atom stereocenters. The van der Waals surface area contributed by atoms with Gasteiger partial charge in [-0.15, -0.1) is 0 Å². The maximum Gasteiger partial charge on any atom is 0.200 e. The third kappa shape index (κ3) is 2.31. The first kappa shape index (κ1) is 9.73. The van der Waals surface area contributed by atoms with Crippen molar-refractivity contribution >= 4 is 32.4 Å². The van der Waals surface area contributed by atoms with E-state index in [1.54, 1.807) is 52.9 Å². The molecule has 0 N–H and O–H groups in total. The highest BCUT2D eigenvalue weighted by Gasteiger charge is 2.07. The first-order chi connectivity index (χ1) is 5.67. The van der Waals surface area contributed by atoms with Crippen molar-refractivity contribution in [3.8, 4) is 0 Å². The molecule has 0 heterocycles. The van der Waals surface area contributed by atoms with E-state index in [2.05, 4.69) is 4.08 Å². The zero-order chi connectivity index (χ0) is 9.03. The fraction of sp³-hybridized carbons (Fsp3) is 0. The molecule has 1 rings (SSSR count). The number of benzene rings is 1. The molecular weight excluding hydrogens is 287 g/mol. The summed E-state index contributed by atoms with van der Waals surface area (Å²) in [4.78, 5) is 0.300. The highest BCUT2D eigenvalue weighted by Crippen LogP contribution is 2.11. The summed E-state index contributed by atoms with van der Waals surface area (Å²) in [5.74, 6) is 0. The van der Waals surface area contributed by atoms with Crippen LogP contribution in [0.2, 0.25) is 0 Å². The molecule has 12 heavy (non-hydrogen) atoms. The molecule has 4 heteroatoms. The van der Waals surface area contributed by atoms with Gasteiger partial charge in [0, 0.05) is 9.49 Å². The molecule has 63 valence electrons. The smallest absolute Gasteiger partial charge is 0.200 e. The van der Waals surface area contributed by atoms with E-state index >= 15 is 0 Å². The van der Waals surface area contributed by atoms with Gasteiger partial charge in [0.25, 0.3) is 0 Å². The molecule has 0 aliphatic rings. The summed E-state index contributed by atoms with van der Waals surface area (Å²) in [6.45, 7) is 0. The zero-order valence-corrected chi connectivity index (χ0v) is 9.04. The molecule has 0 saturated heterocycles. The Balaban J connectivity index is 3.16. The number of sulfone groups is 1. The lowest BCUT2D eigenvalue weighted by Crippen LogP contribution is -1.94. The van der Waals surface area contributed by atoms with Crippen LogP contribution < -0.4 is 0 Å². The van der Waals surface area contributed by atoms with Crippen LogP contribution in [-0.4, -0.2) is 8.42 Å². The summed E-state index contributed by atoms with van der Waals surface area (Å²) in [5.41, 5.74) is 0. The summed E-state index contributed by atoms with van der Waals surface area (Å²) in [6.07, 6.45) is 0. The molecule has 0 amide bonds. The van der Waals surface area contributed by atoms with Gasteiger partial charge >= 0.3 is 0 Å². The second-order valence-electron chi connectivity index (χ2n) is 2.09. The average molecular weight is 293 g/mol. The highest BCUT2D eigenvalue weighted by atomic mass is 127. The minimum atomic E-state index is -3.25. The van der Waals surface area contributed by atoms with Crippen LogP contribution >= 0.6 is 22.6 Å². The Labute approximate surface area is 85.4 Å². The quantitative estimate of drug-likeness (QED) is 0.783. The van der Waals surface area contributed by atoms with Gasteiger partial charge in [0.15, 0.2) is 0 Å². The van der Waals surface area contributed by atoms with Gasteiger partial charge in [-0.25, -0.2) is 8.42 Å². The van der Waals surface area contributed by atoms with E-state index in [0.717, 1.165) is 5.41 Å². The van der Waals surface area contributed by atoms with Gasteiger partial charge < -0.3 is 0 Å². The predicted molar refractivity (Wildman–Crippen MR) is 55.5 cm³/mol. The largest absolute Gasteiger partial charge is 0.219 e. The topological polar surface area (TPSA) is 34.1 Å². The Kier molecular flexibility index (Phi) is 3.28. The minimum Gasteiger partial charge on any atom is -0.219 e. The molecule has 2 nitrogen and oxygen atoms in total. The van der Waals surface area contributed by atoms with Crippen LogP contribution in [0.4, 0.5) is 0 Å². The molecule has 0 atom stereocenters. The van der Waals surface area contributed by atoms with E-state index in [1.165, 1.54) is 0 Å². The summed E-state index contributed by atoms with van der Waals surface area (Å²) in [5, 5.41) is 1.06. The van der Waals surface area contributed by atoms with E-state index < -0.39 is 9.84 Å². The van der Waals surface area contributed by atoms with Crippen LogP contribution in [0.3, 0.4) is 0 Å². The normalized spacial score (nSPS) is 12.1. The van der Waals surface area contributed by atoms with Gasteiger partial charge in [-0.1, -0.05) is 18.2 Å². The van der Waals surface area contributed by atoms with Crippen molar-refractivity contribution in [2.45, 2.75) is 4.90 Å². The molecule has 0 spiro atoms. The summed E-state index contributed by atoms with van der Waals surface area (Å²) in [6, 6.07) is 8.26. The lowest BCUT2D eigenvalue weighted by Gasteiger charge is -1.95. The van der Waals surface area contributed by atoms with Crippen molar-refractivity contribution in [2.75, 3.05) is 0 Å². The number of hydrogen-bond acceptors (Lipinski definition) is 2. The Bertz CT molecular complexity index is 367. The van der Waals surface area contributed by atoms with Crippen LogP contribution in [-0.2, 0) is 9.84 Å². The van der Waals surface area contributed by atoms with Crippen LogP contribution in [0.25, 0.3) is 0 Å². The molecule has 0 aromatic heterocycles. The monoisotopic (exact) mass is 293 g/mol. The van der Waals surface area contributed by atoms with Crippen LogP contribution in [0.15, 0.2) is 40.6 Å². The first-order valence-electron chi connectivity index (χ1n) is 3.16. The summed E-state index contributed by atoms with van der Waals surface area (Å²) in [7, 11) is -3.25. The molecule has 0 aliphatic carbocycles. The third-order valence-corrected chi connectivity index (χ3v) is 3.36. The molecule has 1 radical (unpaired) electrons. The van der Waals surface area contributed by atoms with Crippen molar-refractivity contribution in [1.29, 1.82) is 0 Å². The van der Waals surface area contributed by atoms with Gasteiger partial charge in [0.1, 0.15) is 0 Å². The Hall–Kier alpha value is -0.360. The number of rotatable bonds is 2. The van der Waals surface area contributed by atoms with E-state index in [9.17, 15) is 8.42 Å². The molecular formula is C8H6IO2S.